The van der Waals surface area contributed by atoms with Crippen molar-refractivity contribution in [2.24, 2.45) is 0 Å². The lowest BCUT2D eigenvalue weighted by Crippen LogP contribution is -2.46. The van der Waals surface area contributed by atoms with Gasteiger partial charge in [-0.3, -0.25) is 4.90 Å². The van der Waals surface area contributed by atoms with Crippen LogP contribution in [0, 0.1) is 0 Å². The maximum atomic E-state index is 12.9. The Morgan fingerprint density at radius 2 is 2.21 bits per heavy atom. The Hall–Kier alpha value is -1.84. The molecule has 2 unspecified atom stereocenters. The van der Waals surface area contributed by atoms with Crippen molar-refractivity contribution in [1.29, 1.82) is 0 Å². The number of hydrogen-bond donors (Lipinski definition) is 1. The van der Waals surface area contributed by atoms with Crippen LogP contribution in [0.2, 0.25) is 5.15 Å². The van der Waals surface area contributed by atoms with Gasteiger partial charge < -0.3 is 19.0 Å². The van der Waals surface area contributed by atoms with Gasteiger partial charge >= 0.3 is 12.1 Å². The van der Waals surface area contributed by atoms with Crippen LogP contribution in [-0.2, 0) is 9.47 Å². The van der Waals surface area contributed by atoms with Crippen molar-refractivity contribution in [3.8, 4) is 0 Å². The van der Waals surface area contributed by atoms with Gasteiger partial charge in [0.05, 0.1) is 18.1 Å². The summed E-state index contributed by atoms with van der Waals surface area (Å²) < 4.78 is 16.8. The van der Waals surface area contributed by atoms with Gasteiger partial charge in [0.1, 0.15) is 10.8 Å². The van der Waals surface area contributed by atoms with Crippen molar-refractivity contribution in [1.82, 2.24) is 4.98 Å². The van der Waals surface area contributed by atoms with Gasteiger partial charge in [0.2, 0.25) is 5.76 Å². The number of aromatic nitrogens is 1. The Kier molecular flexibility index (Phi) is 6.47. The number of fused-ring (bicyclic) bond motifs is 1. The van der Waals surface area contributed by atoms with E-state index in [1.165, 1.54) is 11.0 Å². The molecule has 1 amide bonds. The van der Waals surface area contributed by atoms with E-state index in [2.05, 4.69) is 20.9 Å². The molecular weight excluding hydrogens is 456 g/mol. The fourth-order valence-corrected chi connectivity index (χ4v) is 4.18. The Morgan fingerprint density at radius 1 is 1.46 bits per heavy atom. The van der Waals surface area contributed by atoms with Gasteiger partial charge in [-0.15, -0.1) is 0 Å². The van der Waals surface area contributed by atoms with E-state index in [9.17, 15) is 14.7 Å². The van der Waals surface area contributed by atoms with Crippen LogP contribution in [0.3, 0.4) is 0 Å². The number of nitrogens with zero attached hydrogens (tertiary/aromatic N) is 2. The Morgan fingerprint density at radius 3 is 2.86 bits per heavy atom. The number of hydrogen-bond acceptors (Lipinski definition) is 6. The Bertz CT molecular complexity index is 902. The van der Waals surface area contributed by atoms with Crippen molar-refractivity contribution >= 4 is 56.3 Å². The normalized spacial score (nSPS) is 19.6. The topological polar surface area (TPSA) is 102 Å². The SMILES string of the molecule is CCOC(=O)N(c1c(C(=O)O)oc2c(Br)nc(Cl)cc12)C1CCOC(CC)C1. The lowest BCUT2D eigenvalue weighted by molar-refractivity contribution is 0.00467. The number of carbonyl (C=O) groups excluding carboxylic acids is 1. The molecule has 2 aromatic heterocycles. The highest BCUT2D eigenvalue weighted by Gasteiger charge is 2.37. The van der Waals surface area contributed by atoms with E-state index in [1.54, 1.807) is 6.92 Å². The molecule has 28 heavy (non-hydrogen) atoms. The van der Waals surface area contributed by atoms with Crippen LogP contribution < -0.4 is 4.90 Å². The average Bonchev–Trinajstić information content (AvgIpc) is 3.02. The predicted molar refractivity (Wildman–Crippen MR) is 106 cm³/mol. The average molecular weight is 476 g/mol. The highest BCUT2D eigenvalue weighted by molar-refractivity contribution is 9.10. The van der Waals surface area contributed by atoms with E-state index < -0.39 is 12.1 Å². The first kappa shape index (κ1) is 20.9. The second kappa shape index (κ2) is 8.67. The molecule has 3 heterocycles. The third-order valence-corrected chi connectivity index (χ3v) is 5.37. The predicted octanol–water partition coefficient (Wildman–Crippen LogP) is 4.86. The lowest BCUT2D eigenvalue weighted by atomic mass is 9.99. The number of halogens is 2. The summed E-state index contributed by atoms with van der Waals surface area (Å²) >= 11 is 9.32. The first-order chi connectivity index (χ1) is 13.4. The number of carbonyl (C=O) groups is 2. The summed E-state index contributed by atoms with van der Waals surface area (Å²) in [5.74, 6) is -1.67. The van der Waals surface area contributed by atoms with E-state index in [-0.39, 0.29) is 45.5 Å². The maximum Gasteiger partial charge on any atom is 0.414 e. The van der Waals surface area contributed by atoms with Crippen molar-refractivity contribution in [2.75, 3.05) is 18.1 Å². The largest absolute Gasteiger partial charge is 0.475 e. The summed E-state index contributed by atoms with van der Waals surface area (Å²) in [5, 5.41) is 10.2. The molecule has 0 radical (unpaired) electrons. The van der Waals surface area contributed by atoms with Crippen LogP contribution in [0.25, 0.3) is 11.0 Å². The van der Waals surface area contributed by atoms with Crippen LogP contribution in [0.4, 0.5) is 10.5 Å². The molecule has 0 spiro atoms. The number of carboxylic acid groups (broad SMARTS) is 1. The number of aromatic carboxylic acids is 1. The molecule has 0 aliphatic carbocycles. The molecule has 10 heteroatoms. The summed E-state index contributed by atoms with van der Waals surface area (Å²) in [6.45, 7) is 4.31. The van der Waals surface area contributed by atoms with E-state index in [0.717, 1.165) is 6.42 Å². The minimum atomic E-state index is -1.30. The van der Waals surface area contributed by atoms with E-state index in [0.29, 0.717) is 24.8 Å². The third kappa shape index (κ3) is 3.97. The molecule has 0 saturated carbocycles. The minimum Gasteiger partial charge on any atom is -0.475 e. The summed E-state index contributed by atoms with van der Waals surface area (Å²) in [6.07, 6.45) is 1.21. The van der Waals surface area contributed by atoms with Crippen LogP contribution in [-0.4, -0.2) is 47.5 Å². The number of rotatable bonds is 5. The molecule has 1 N–H and O–H groups in total. The lowest BCUT2D eigenvalue weighted by Gasteiger charge is -2.36. The quantitative estimate of drug-likeness (QED) is 0.616. The number of amides is 1. The number of furan rings is 1. The molecule has 1 fully saturated rings. The molecule has 1 aliphatic rings. The molecule has 3 rings (SSSR count). The first-order valence-electron chi connectivity index (χ1n) is 8.96. The van der Waals surface area contributed by atoms with Gasteiger partial charge in [0.25, 0.3) is 0 Å². The van der Waals surface area contributed by atoms with Crippen molar-refractivity contribution in [2.45, 2.75) is 45.3 Å². The summed E-state index contributed by atoms with van der Waals surface area (Å²) in [7, 11) is 0. The maximum absolute atomic E-state index is 12.9. The van der Waals surface area contributed by atoms with E-state index in [1.807, 2.05) is 6.92 Å². The number of anilines is 1. The molecule has 8 nitrogen and oxygen atoms in total. The van der Waals surface area contributed by atoms with Gasteiger partial charge in [0, 0.05) is 12.6 Å². The number of pyridine rings is 1. The monoisotopic (exact) mass is 474 g/mol. The Balaban J connectivity index is 2.21. The van der Waals surface area contributed by atoms with Crippen molar-refractivity contribution in [3.05, 3.63) is 21.6 Å². The molecule has 0 aromatic carbocycles. The molecule has 152 valence electrons. The zero-order chi connectivity index (χ0) is 20.4. The van der Waals surface area contributed by atoms with Crippen LogP contribution in [0.1, 0.15) is 43.7 Å². The molecule has 0 bridgehead atoms. The van der Waals surface area contributed by atoms with Gasteiger partial charge in [0.15, 0.2) is 10.2 Å². The standard InChI is InChI=1S/C18H20BrClN2O6/c1-3-10-7-9(5-6-27-10)22(18(25)26-4-2)13-11-8-12(20)21-16(19)14(11)28-15(13)17(23)24/h8-10H,3-7H2,1-2H3,(H,23,24). The molecule has 2 atom stereocenters. The van der Waals surface area contributed by atoms with E-state index in [4.69, 9.17) is 25.5 Å². The van der Waals surface area contributed by atoms with Crippen LogP contribution in [0.15, 0.2) is 15.1 Å². The second-order valence-electron chi connectivity index (χ2n) is 6.35. The number of ether oxygens (including phenoxy) is 2. The first-order valence-corrected chi connectivity index (χ1v) is 10.1. The molecule has 1 saturated heterocycles. The molecule has 1 aliphatic heterocycles. The third-order valence-electron chi connectivity index (χ3n) is 4.63. The summed E-state index contributed by atoms with van der Waals surface area (Å²) in [4.78, 5) is 30.2. The zero-order valence-electron chi connectivity index (χ0n) is 15.4. The van der Waals surface area contributed by atoms with E-state index >= 15 is 0 Å². The smallest absolute Gasteiger partial charge is 0.414 e. The van der Waals surface area contributed by atoms with Gasteiger partial charge in [-0.2, -0.15) is 0 Å². The van der Waals surface area contributed by atoms with Gasteiger partial charge in [-0.1, -0.05) is 18.5 Å². The van der Waals surface area contributed by atoms with Crippen LogP contribution in [0.5, 0.6) is 0 Å². The second-order valence-corrected chi connectivity index (χ2v) is 7.48. The minimum absolute atomic E-state index is 0.0286. The van der Waals surface area contributed by atoms with Crippen LogP contribution >= 0.6 is 27.5 Å². The zero-order valence-corrected chi connectivity index (χ0v) is 17.7. The highest BCUT2D eigenvalue weighted by atomic mass is 79.9. The highest BCUT2D eigenvalue weighted by Crippen LogP contribution is 2.41. The molecular formula is C18H20BrClN2O6. The van der Waals surface area contributed by atoms with Gasteiger partial charge in [-0.05, 0) is 48.2 Å². The summed E-state index contributed by atoms with van der Waals surface area (Å²) in [6, 6.07) is 1.18. The van der Waals surface area contributed by atoms with Crippen molar-refractivity contribution < 1.29 is 28.6 Å². The van der Waals surface area contributed by atoms with Gasteiger partial charge in [-0.25, -0.2) is 14.6 Å². The summed E-state index contributed by atoms with van der Waals surface area (Å²) in [5.41, 5.74) is 0.318. The number of carboxylic acids is 1. The van der Waals surface area contributed by atoms with Crippen molar-refractivity contribution in [3.63, 3.8) is 0 Å². The Labute approximate surface area is 174 Å². The molecule has 2 aromatic rings. The fraction of sp³-hybridized carbons (Fsp3) is 0.500. The fourth-order valence-electron chi connectivity index (χ4n) is 3.40.